The van der Waals surface area contributed by atoms with Gasteiger partial charge in [0.1, 0.15) is 5.82 Å². The molecule has 4 nitrogen and oxygen atoms in total. The van der Waals surface area contributed by atoms with E-state index in [2.05, 4.69) is 10.3 Å². The first kappa shape index (κ1) is 12.0. The van der Waals surface area contributed by atoms with Crippen molar-refractivity contribution < 1.29 is 14.3 Å². The Balaban J connectivity index is 2.01. The molecule has 17 heavy (non-hydrogen) atoms. The highest BCUT2D eigenvalue weighted by molar-refractivity contribution is 5.94. The minimum Gasteiger partial charge on any atom is -0.396 e. The lowest BCUT2D eigenvalue weighted by Crippen LogP contribution is -2.38. The Morgan fingerprint density at radius 1 is 1.53 bits per heavy atom. The van der Waals surface area contributed by atoms with Crippen LogP contribution in [-0.2, 0) is 0 Å². The molecule has 0 bridgehead atoms. The highest BCUT2D eigenvalue weighted by Gasteiger charge is 2.28. The van der Waals surface area contributed by atoms with Crippen LogP contribution in [0, 0.1) is 11.7 Å². The number of aliphatic hydroxyl groups is 1. The number of aromatic nitrogens is 1. The van der Waals surface area contributed by atoms with Gasteiger partial charge in [0.15, 0.2) is 0 Å². The van der Waals surface area contributed by atoms with Gasteiger partial charge in [-0.05, 0) is 18.9 Å². The number of hydrogen-bond acceptors (Lipinski definition) is 3. The van der Waals surface area contributed by atoms with E-state index >= 15 is 0 Å². The van der Waals surface area contributed by atoms with Crippen LogP contribution in [0.4, 0.5) is 4.39 Å². The van der Waals surface area contributed by atoms with Gasteiger partial charge in [-0.25, -0.2) is 4.39 Å². The number of nitrogens with zero attached hydrogens (tertiary/aromatic N) is 1. The molecule has 0 radical (unpaired) electrons. The smallest absolute Gasteiger partial charge is 0.253 e. The molecule has 1 aliphatic rings. The summed E-state index contributed by atoms with van der Waals surface area (Å²) >= 11 is 0. The lowest BCUT2D eigenvalue weighted by atomic mass is 10.0. The third-order valence-corrected chi connectivity index (χ3v) is 3.18. The largest absolute Gasteiger partial charge is 0.396 e. The molecular weight excluding hydrogens is 223 g/mol. The summed E-state index contributed by atoms with van der Waals surface area (Å²) < 4.78 is 12.9. The van der Waals surface area contributed by atoms with Gasteiger partial charge >= 0.3 is 0 Å². The van der Waals surface area contributed by atoms with E-state index in [0.29, 0.717) is 0 Å². The Hall–Kier alpha value is -1.49. The maximum absolute atomic E-state index is 12.9. The predicted molar refractivity (Wildman–Crippen MR) is 59.9 cm³/mol. The fraction of sp³-hybridized carbons (Fsp3) is 0.500. The predicted octanol–water partition coefficient (Wildman–Crippen LogP) is 1.11. The number of aliphatic hydroxyl groups excluding tert-OH is 1. The van der Waals surface area contributed by atoms with Crippen LogP contribution in [0.5, 0.6) is 0 Å². The zero-order chi connectivity index (χ0) is 12.3. The number of carbonyl (C=O) groups is 1. The van der Waals surface area contributed by atoms with E-state index in [1.165, 1.54) is 6.20 Å². The van der Waals surface area contributed by atoms with Crippen LogP contribution in [-0.4, -0.2) is 28.6 Å². The average molecular weight is 238 g/mol. The number of pyridine rings is 1. The van der Waals surface area contributed by atoms with Crippen molar-refractivity contribution in [3.8, 4) is 0 Å². The van der Waals surface area contributed by atoms with E-state index in [1.54, 1.807) is 0 Å². The molecule has 2 N–H and O–H groups in total. The van der Waals surface area contributed by atoms with E-state index in [1.807, 2.05) is 0 Å². The van der Waals surface area contributed by atoms with Crippen LogP contribution < -0.4 is 5.32 Å². The van der Waals surface area contributed by atoms with Crippen molar-refractivity contribution in [2.24, 2.45) is 5.92 Å². The zero-order valence-corrected chi connectivity index (χ0v) is 9.40. The summed E-state index contributed by atoms with van der Waals surface area (Å²) in [6.45, 7) is 0.0757. The van der Waals surface area contributed by atoms with E-state index < -0.39 is 5.82 Å². The molecule has 1 aromatic rings. The first-order valence-electron chi connectivity index (χ1n) is 5.73. The SMILES string of the molecule is O=C(NC1CCCC1CO)c1cncc(F)c1. The highest BCUT2D eigenvalue weighted by atomic mass is 19.1. The van der Waals surface area contributed by atoms with Crippen LogP contribution >= 0.6 is 0 Å². The molecular formula is C12H15FN2O2. The van der Waals surface area contributed by atoms with Crippen molar-refractivity contribution in [2.75, 3.05) is 6.61 Å². The van der Waals surface area contributed by atoms with Gasteiger partial charge in [-0.15, -0.1) is 0 Å². The van der Waals surface area contributed by atoms with E-state index in [9.17, 15) is 9.18 Å². The van der Waals surface area contributed by atoms with E-state index in [-0.39, 0.29) is 30.0 Å². The summed E-state index contributed by atoms with van der Waals surface area (Å²) in [5, 5.41) is 12.0. The van der Waals surface area contributed by atoms with Crippen LogP contribution in [0.3, 0.4) is 0 Å². The molecule has 0 aromatic carbocycles. The first-order chi connectivity index (χ1) is 8.20. The normalized spacial score (nSPS) is 23.6. The van der Waals surface area contributed by atoms with Gasteiger partial charge in [-0.2, -0.15) is 0 Å². The Bertz CT molecular complexity index is 411. The van der Waals surface area contributed by atoms with Crippen LogP contribution in [0.2, 0.25) is 0 Å². The number of halogens is 1. The van der Waals surface area contributed by atoms with Crippen LogP contribution in [0.1, 0.15) is 29.6 Å². The quantitative estimate of drug-likeness (QED) is 0.829. The molecule has 0 aliphatic heterocycles. The summed E-state index contributed by atoms with van der Waals surface area (Å²) in [5.41, 5.74) is 0.216. The van der Waals surface area contributed by atoms with Gasteiger partial charge in [0.2, 0.25) is 0 Å². The molecule has 1 fully saturated rings. The zero-order valence-electron chi connectivity index (χ0n) is 9.40. The van der Waals surface area contributed by atoms with Crippen molar-refractivity contribution in [3.05, 3.63) is 29.8 Å². The Labute approximate surface area is 98.9 Å². The molecule has 0 saturated heterocycles. The van der Waals surface area contributed by atoms with E-state index in [4.69, 9.17) is 5.11 Å². The van der Waals surface area contributed by atoms with Gasteiger partial charge in [0, 0.05) is 24.8 Å². The molecule has 1 aliphatic carbocycles. The maximum Gasteiger partial charge on any atom is 0.253 e. The van der Waals surface area contributed by atoms with E-state index in [0.717, 1.165) is 31.5 Å². The minimum atomic E-state index is -0.525. The average Bonchev–Trinajstić information content (AvgIpc) is 2.76. The second kappa shape index (κ2) is 5.23. The summed E-state index contributed by atoms with van der Waals surface area (Å²) in [7, 11) is 0. The second-order valence-electron chi connectivity index (χ2n) is 4.35. The van der Waals surface area contributed by atoms with Crippen LogP contribution in [0.25, 0.3) is 0 Å². The van der Waals surface area contributed by atoms with Crippen molar-refractivity contribution in [1.29, 1.82) is 0 Å². The highest BCUT2D eigenvalue weighted by Crippen LogP contribution is 2.25. The number of rotatable bonds is 3. The number of hydrogen-bond donors (Lipinski definition) is 2. The van der Waals surface area contributed by atoms with Crippen LogP contribution in [0.15, 0.2) is 18.5 Å². The van der Waals surface area contributed by atoms with Gasteiger partial charge in [0.25, 0.3) is 5.91 Å². The summed E-state index contributed by atoms with van der Waals surface area (Å²) in [6, 6.07) is 1.14. The number of nitrogens with one attached hydrogen (secondary N) is 1. The molecule has 2 atom stereocenters. The van der Waals surface area contributed by atoms with Crippen molar-refractivity contribution in [3.63, 3.8) is 0 Å². The van der Waals surface area contributed by atoms with Gasteiger partial charge in [0.05, 0.1) is 11.8 Å². The van der Waals surface area contributed by atoms with Gasteiger partial charge < -0.3 is 10.4 Å². The monoisotopic (exact) mass is 238 g/mol. The summed E-state index contributed by atoms with van der Waals surface area (Å²) in [4.78, 5) is 15.4. The Morgan fingerprint density at radius 3 is 3.06 bits per heavy atom. The lowest BCUT2D eigenvalue weighted by Gasteiger charge is -2.18. The molecule has 92 valence electrons. The molecule has 1 heterocycles. The summed E-state index contributed by atoms with van der Waals surface area (Å²) in [5.74, 6) is -0.745. The van der Waals surface area contributed by atoms with Crippen molar-refractivity contribution in [2.45, 2.75) is 25.3 Å². The third-order valence-electron chi connectivity index (χ3n) is 3.18. The lowest BCUT2D eigenvalue weighted by molar-refractivity contribution is 0.0915. The summed E-state index contributed by atoms with van der Waals surface area (Å²) in [6.07, 6.45) is 5.17. The second-order valence-corrected chi connectivity index (χ2v) is 4.35. The molecule has 2 rings (SSSR count). The Morgan fingerprint density at radius 2 is 2.35 bits per heavy atom. The maximum atomic E-state index is 12.9. The fourth-order valence-corrected chi connectivity index (χ4v) is 2.23. The van der Waals surface area contributed by atoms with Gasteiger partial charge in [-0.1, -0.05) is 6.42 Å². The van der Waals surface area contributed by atoms with Crippen molar-refractivity contribution in [1.82, 2.24) is 10.3 Å². The fourth-order valence-electron chi connectivity index (χ4n) is 2.23. The molecule has 5 heteroatoms. The molecule has 1 saturated carbocycles. The molecule has 0 spiro atoms. The number of carbonyl (C=O) groups excluding carboxylic acids is 1. The first-order valence-corrected chi connectivity index (χ1v) is 5.73. The molecule has 1 aromatic heterocycles. The minimum absolute atomic E-state index is 0.0178. The topological polar surface area (TPSA) is 62.2 Å². The van der Waals surface area contributed by atoms with Crippen molar-refractivity contribution >= 4 is 5.91 Å². The number of amides is 1. The standard InChI is InChI=1S/C12H15FN2O2/c13-10-4-9(5-14-6-10)12(17)15-11-3-1-2-8(11)7-16/h4-6,8,11,16H,1-3,7H2,(H,15,17). The Kier molecular flexibility index (Phi) is 3.68. The third kappa shape index (κ3) is 2.79. The molecule has 2 unspecified atom stereocenters. The van der Waals surface area contributed by atoms with Gasteiger partial charge in [-0.3, -0.25) is 9.78 Å². The molecule has 1 amide bonds.